The topological polar surface area (TPSA) is 43.4 Å². The molecule has 0 spiro atoms. The fraction of sp³-hybridized carbons (Fsp3) is 0.200. The molecule has 0 saturated heterocycles. The first kappa shape index (κ1) is 15.1. The molecule has 0 fully saturated rings. The molecular formula is C15H15BrO3S. The molecule has 2 aromatic carbocycles. The maximum atomic E-state index is 11.4. The van der Waals surface area contributed by atoms with Gasteiger partial charge < -0.3 is 4.74 Å². The fourth-order valence-corrected chi connectivity index (χ4v) is 3.09. The second-order valence-corrected chi connectivity index (χ2v) is 7.41. The van der Waals surface area contributed by atoms with Crippen LogP contribution in [-0.4, -0.2) is 21.8 Å². The quantitative estimate of drug-likeness (QED) is 0.788. The maximum absolute atomic E-state index is 11.4. The number of sulfone groups is 1. The van der Waals surface area contributed by atoms with Gasteiger partial charge in [-0.25, -0.2) is 8.42 Å². The van der Waals surface area contributed by atoms with Crippen LogP contribution in [0, 0.1) is 0 Å². The minimum Gasteiger partial charge on any atom is -0.497 e. The second-order valence-electron chi connectivity index (χ2n) is 4.48. The van der Waals surface area contributed by atoms with Crippen molar-refractivity contribution < 1.29 is 13.2 Å². The summed E-state index contributed by atoms with van der Waals surface area (Å²) in [5, 5.41) is 0. The van der Waals surface area contributed by atoms with E-state index in [-0.39, 0.29) is 4.83 Å². The highest BCUT2D eigenvalue weighted by atomic mass is 79.9. The van der Waals surface area contributed by atoms with Crippen molar-refractivity contribution >= 4 is 25.8 Å². The summed E-state index contributed by atoms with van der Waals surface area (Å²) in [7, 11) is -1.52. The molecule has 5 heteroatoms. The first-order valence-electron chi connectivity index (χ1n) is 6.00. The van der Waals surface area contributed by atoms with E-state index in [9.17, 15) is 8.42 Å². The van der Waals surface area contributed by atoms with E-state index in [0.29, 0.717) is 4.90 Å². The Bertz CT molecular complexity index is 676. The third-order valence-corrected chi connectivity index (χ3v) is 5.20. The molecule has 2 rings (SSSR count). The first-order valence-corrected chi connectivity index (χ1v) is 8.80. The van der Waals surface area contributed by atoms with Crippen molar-refractivity contribution in [2.75, 3.05) is 13.4 Å². The van der Waals surface area contributed by atoms with Crippen LogP contribution < -0.4 is 4.74 Å². The highest BCUT2D eigenvalue weighted by Crippen LogP contribution is 2.32. The summed E-state index contributed by atoms with van der Waals surface area (Å²) in [5.74, 6) is 0.806. The Labute approximate surface area is 127 Å². The number of alkyl halides is 1. The highest BCUT2D eigenvalue weighted by Gasteiger charge is 2.12. The van der Waals surface area contributed by atoms with E-state index in [4.69, 9.17) is 4.74 Å². The van der Waals surface area contributed by atoms with Gasteiger partial charge in [0.1, 0.15) is 5.75 Å². The average Bonchev–Trinajstić information content (AvgIpc) is 2.46. The Morgan fingerprint density at radius 2 is 1.40 bits per heavy atom. The van der Waals surface area contributed by atoms with Gasteiger partial charge in [0.25, 0.3) is 0 Å². The van der Waals surface area contributed by atoms with Crippen molar-refractivity contribution in [3.05, 3.63) is 59.7 Å². The van der Waals surface area contributed by atoms with Crippen LogP contribution >= 0.6 is 15.9 Å². The Morgan fingerprint density at radius 3 is 1.80 bits per heavy atom. The summed E-state index contributed by atoms with van der Waals surface area (Å²) >= 11 is 3.63. The normalized spacial score (nSPS) is 12.9. The first-order chi connectivity index (χ1) is 9.41. The summed E-state index contributed by atoms with van der Waals surface area (Å²) in [6.07, 6.45) is 1.21. The maximum Gasteiger partial charge on any atom is 0.175 e. The van der Waals surface area contributed by atoms with Gasteiger partial charge in [-0.2, -0.15) is 0 Å². The van der Waals surface area contributed by atoms with Crippen molar-refractivity contribution in [1.29, 1.82) is 0 Å². The zero-order chi connectivity index (χ0) is 14.8. The number of halogens is 1. The summed E-state index contributed by atoms with van der Waals surface area (Å²) in [4.78, 5) is 0.345. The number of benzene rings is 2. The molecule has 0 saturated carbocycles. The van der Waals surface area contributed by atoms with Gasteiger partial charge in [0, 0.05) is 6.26 Å². The van der Waals surface area contributed by atoms with Crippen molar-refractivity contribution in [3.8, 4) is 5.75 Å². The molecule has 0 aliphatic heterocycles. The van der Waals surface area contributed by atoms with Gasteiger partial charge in [-0.1, -0.05) is 40.2 Å². The Balaban J connectivity index is 2.26. The Kier molecular flexibility index (Phi) is 4.50. The van der Waals surface area contributed by atoms with Gasteiger partial charge in [-0.3, -0.25) is 0 Å². The van der Waals surface area contributed by atoms with Gasteiger partial charge in [0.2, 0.25) is 0 Å². The lowest BCUT2D eigenvalue weighted by Gasteiger charge is -2.12. The van der Waals surface area contributed by atoms with E-state index in [1.54, 1.807) is 19.2 Å². The van der Waals surface area contributed by atoms with E-state index in [1.165, 1.54) is 6.26 Å². The molecule has 106 valence electrons. The summed E-state index contributed by atoms with van der Waals surface area (Å²) in [6.45, 7) is 0. The molecule has 0 N–H and O–H groups in total. The van der Waals surface area contributed by atoms with E-state index >= 15 is 0 Å². The van der Waals surface area contributed by atoms with Crippen LogP contribution in [0.15, 0.2) is 53.4 Å². The van der Waals surface area contributed by atoms with E-state index < -0.39 is 9.84 Å². The summed E-state index contributed by atoms with van der Waals surface area (Å²) in [5.41, 5.74) is 2.08. The van der Waals surface area contributed by atoms with Crippen LogP contribution in [0.4, 0.5) is 0 Å². The van der Waals surface area contributed by atoms with Crippen LogP contribution in [0.2, 0.25) is 0 Å². The van der Waals surface area contributed by atoms with E-state index in [1.807, 2.05) is 36.4 Å². The van der Waals surface area contributed by atoms with Crippen LogP contribution in [-0.2, 0) is 9.84 Å². The van der Waals surface area contributed by atoms with Crippen LogP contribution in [0.3, 0.4) is 0 Å². The zero-order valence-electron chi connectivity index (χ0n) is 11.2. The molecule has 20 heavy (non-hydrogen) atoms. The predicted octanol–water partition coefficient (Wildman–Crippen LogP) is 3.58. The standard InChI is InChI=1S/C15H15BrO3S/c1-19-13-7-3-11(4-8-13)15(16)12-5-9-14(10-6-12)20(2,17)18/h3-10,15H,1-2H3. The minimum atomic E-state index is -3.15. The molecular weight excluding hydrogens is 340 g/mol. The number of hydrogen-bond donors (Lipinski definition) is 0. The Hall–Kier alpha value is -1.33. The predicted molar refractivity (Wildman–Crippen MR) is 83.3 cm³/mol. The molecule has 1 unspecified atom stereocenters. The van der Waals surface area contributed by atoms with Gasteiger partial charge in [-0.05, 0) is 35.4 Å². The van der Waals surface area contributed by atoms with Gasteiger partial charge >= 0.3 is 0 Å². The smallest absolute Gasteiger partial charge is 0.175 e. The molecule has 0 bridgehead atoms. The third kappa shape index (κ3) is 3.41. The number of rotatable bonds is 4. The lowest BCUT2D eigenvalue weighted by Crippen LogP contribution is -1.98. The van der Waals surface area contributed by atoms with Crippen molar-refractivity contribution in [2.45, 2.75) is 9.72 Å². The molecule has 0 aliphatic carbocycles. The SMILES string of the molecule is COc1ccc(C(Br)c2ccc(S(C)(=O)=O)cc2)cc1. The molecule has 3 nitrogen and oxygen atoms in total. The fourth-order valence-electron chi connectivity index (χ4n) is 1.85. The molecule has 0 aliphatic rings. The highest BCUT2D eigenvalue weighted by molar-refractivity contribution is 9.09. The van der Waals surface area contributed by atoms with Gasteiger partial charge in [0.05, 0.1) is 16.8 Å². The molecule has 0 heterocycles. The molecule has 2 aromatic rings. The monoisotopic (exact) mass is 354 g/mol. The zero-order valence-corrected chi connectivity index (χ0v) is 13.6. The number of methoxy groups -OCH3 is 1. The van der Waals surface area contributed by atoms with E-state index in [2.05, 4.69) is 15.9 Å². The van der Waals surface area contributed by atoms with Crippen LogP contribution in [0.25, 0.3) is 0 Å². The minimum absolute atomic E-state index is 0.0158. The molecule has 1 atom stereocenters. The number of hydrogen-bond acceptors (Lipinski definition) is 3. The third-order valence-electron chi connectivity index (χ3n) is 3.01. The van der Waals surface area contributed by atoms with Crippen LogP contribution in [0.5, 0.6) is 5.75 Å². The number of ether oxygens (including phenoxy) is 1. The lowest BCUT2D eigenvalue weighted by molar-refractivity contribution is 0.414. The molecule has 0 aromatic heterocycles. The Morgan fingerprint density at radius 1 is 0.950 bits per heavy atom. The van der Waals surface area contributed by atoms with Crippen LogP contribution in [0.1, 0.15) is 16.0 Å². The second kappa shape index (κ2) is 5.97. The molecule has 0 amide bonds. The largest absolute Gasteiger partial charge is 0.497 e. The van der Waals surface area contributed by atoms with Crippen molar-refractivity contribution in [3.63, 3.8) is 0 Å². The average molecular weight is 355 g/mol. The molecule has 0 radical (unpaired) electrons. The summed E-state index contributed by atoms with van der Waals surface area (Å²) < 4.78 is 28.0. The lowest BCUT2D eigenvalue weighted by atomic mass is 10.0. The van der Waals surface area contributed by atoms with Crippen molar-refractivity contribution in [2.24, 2.45) is 0 Å². The summed E-state index contributed by atoms with van der Waals surface area (Å²) in [6, 6.07) is 14.6. The van der Waals surface area contributed by atoms with Crippen molar-refractivity contribution in [1.82, 2.24) is 0 Å². The van der Waals surface area contributed by atoms with Gasteiger partial charge in [0.15, 0.2) is 9.84 Å². The van der Waals surface area contributed by atoms with Gasteiger partial charge in [-0.15, -0.1) is 0 Å². The van der Waals surface area contributed by atoms with E-state index in [0.717, 1.165) is 16.9 Å².